The van der Waals surface area contributed by atoms with E-state index in [1.807, 2.05) is 27.7 Å². The second-order valence-electron chi connectivity index (χ2n) is 8.76. The number of likely N-dealkylation sites (tertiary alicyclic amines) is 1. The average Bonchev–Trinajstić information content (AvgIpc) is 3.10. The molecular formula is C22H32N2O6S. The van der Waals surface area contributed by atoms with E-state index in [2.05, 4.69) is 0 Å². The monoisotopic (exact) mass is 452 g/mol. The molecule has 9 heteroatoms. The smallest absolute Gasteiger partial charge is 0.325 e. The number of esters is 1. The molecule has 8 nitrogen and oxygen atoms in total. The number of sulfonamides is 1. The number of β-amino-alcohol motifs (C(OH)–C–C–N with tert-alkyl or cyclic N) is 1. The van der Waals surface area contributed by atoms with Crippen LogP contribution in [-0.2, 0) is 24.3 Å². The lowest BCUT2D eigenvalue weighted by Gasteiger charge is -2.39. The van der Waals surface area contributed by atoms with Crippen LogP contribution in [0.15, 0.2) is 23.1 Å². The summed E-state index contributed by atoms with van der Waals surface area (Å²) in [5.74, 6) is -1.09. The van der Waals surface area contributed by atoms with E-state index in [4.69, 9.17) is 4.74 Å². The maximum Gasteiger partial charge on any atom is 0.325 e. The number of ether oxygens (including phenoxy) is 1. The van der Waals surface area contributed by atoms with Gasteiger partial charge < -0.3 is 14.7 Å². The number of carbonyl (C=O) groups excluding carboxylic acids is 2. The van der Waals surface area contributed by atoms with Gasteiger partial charge in [-0.3, -0.25) is 9.59 Å². The van der Waals surface area contributed by atoms with Crippen molar-refractivity contribution in [2.45, 2.75) is 82.5 Å². The van der Waals surface area contributed by atoms with Crippen LogP contribution in [-0.4, -0.2) is 72.0 Å². The van der Waals surface area contributed by atoms with Crippen LogP contribution in [0.3, 0.4) is 0 Å². The number of aliphatic hydroxyl groups is 1. The summed E-state index contributed by atoms with van der Waals surface area (Å²) in [4.78, 5) is 27.2. The highest BCUT2D eigenvalue weighted by atomic mass is 32.2. The second-order valence-corrected chi connectivity index (χ2v) is 10.7. The van der Waals surface area contributed by atoms with Gasteiger partial charge in [-0.2, -0.15) is 4.31 Å². The fraction of sp³-hybridized carbons (Fsp3) is 0.636. The highest BCUT2D eigenvalue weighted by molar-refractivity contribution is 7.89. The minimum absolute atomic E-state index is 0.0619. The molecule has 2 fully saturated rings. The maximum atomic E-state index is 13.2. The fourth-order valence-electron chi connectivity index (χ4n) is 4.49. The molecule has 4 unspecified atom stereocenters. The van der Waals surface area contributed by atoms with Crippen LogP contribution >= 0.6 is 0 Å². The normalized spacial score (nSPS) is 27.3. The Labute approximate surface area is 184 Å². The van der Waals surface area contributed by atoms with Crippen molar-refractivity contribution in [2.75, 3.05) is 13.2 Å². The van der Waals surface area contributed by atoms with Gasteiger partial charge in [0, 0.05) is 25.0 Å². The molecule has 2 aliphatic rings. The molecule has 3 rings (SSSR count). The summed E-state index contributed by atoms with van der Waals surface area (Å²) in [5.41, 5.74) is 1.77. The van der Waals surface area contributed by atoms with Crippen LogP contribution in [0.25, 0.3) is 0 Å². The number of aliphatic hydroxyl groups excluding tert-OH is 1. The number of piperidine rings is 1. The van der Waals surface area contributed by atoms with Crippen molar-refractivity contribution in [1.82, 2.24) is 9.21 Å². The fourth-order valence-corrected chi connectivity index (χ4v) is 6.20. The number of rotatable bonds is 5. The third-order valence-corrected chi connectivity index (χ3v) is 8.28. The molecule has 172 valence electrons. The van der Waals surface area contributed by atoms with E-state index in [-0.39, 0.29) is 35.9 Å². The van der Waals surface area contributed by atoms with E-state index >= 15 is 0 Å². The summed E-state index contributed by atoms with van der Waals surface area (Å²) >= 11 is 0. The largest absolute Gasteiger partial charge is 0.454 e. The van der Waals surface area contributed by atoms with Crippen molar-refractivity contribution in [3.8, 4) is 0 Å². The first kappa shape index (κ1) is 23.7. The Morgan fingerprint density at radius 1 is 1.13 bits per heavy atom. The van der Waals surface area contributed by atoms with E-state index in [1.54, 1.807) is 17.0 Å². The third kappa shape index (κ3) is 4.94. The molecule has 0 bridgehead atoms. The Kier molecular flexibility index (Phi) is 7.08. The van der Waals surface area contributed by atoms with Crippen molar-refractivity contribution < 1.29 is 27.9 Å². The summed E-state index contributed by atoms with van der Waals surface area (Å²) < 4.78 is 32.6. The van der Waals surface area contributed by atoms with Gasteiger partial charge >= 0.3 is 5.97 Å². The number of aryl methyl sites for hydroxylation is 2. The highest BCUT2D eigenvalue weighted by Crippen LogP contribution is 2.28. The molecule has 31 heavy (non-hydrogen) atoms. The number of carbonyl (C=O) groups is 2. The SMILES string of the molecule is Cc1ccc(S(=O)(=O)N2CC(O)CC2C(=O)OCC(=O)N2C(C)CCCC2C)cc1C. The van der Waals surface area contributed by atoms with E-state index < -0.39 is 34.7 Å². The number of benzene rings is 1. The van der Waals surface area contributed by atoms with E-state index in [0.717, 1.165) is 34.7 Å². The predicted molar refractivity (Wildman–Crippen MR) is 115 cm³/mol. The van der Waals surface area contributed by atoms with Gasteiger partial charge in [0.2, 0.25) is 10.0 Å². The Morgan fingerprint density at radius 2 is 1.77 bits per heavy atom. The topological polar surface area (TPSA) is 104 Å². The first-order chi connectivity index (χ1) is 14.5. The van der Waals surface area contributed by atoms with Gasteiger partial charge in [-0.15, -0.1) is 0 Å². The lowest BCUT2D eigenvalue weighted by atomic mass is 9.97. The van der Waals surface area contributed by atoms with Gasteiger partial charge in [0.25, 0.3) is 5.91 Å². The molecular weight excluding hydrogens is 420 g/mol. The summed E-state index contributed by atoms with van der Waals surface area (Å²) in [7, 11) is -4.00. The zero-order valence-electron chi connectivity index (χ0n) is 18.6. The van der Waals surface area contributed by atoms with Crippen LogP contribution < -0.4 is 0 Å². The quantitative estimate of drug-likeness (QED) is 0.683. The molecule has 4 atom stereocenters. The van der Waals surface area contributed by atoms with Crippen LogP contribution in [0.4, 0.5) is 0 Å². The molecule has 2 heterocycles. The summed E-state index contributed by atoms with van der Waals surface area (Å²) in [6.07, 6.45) is 1.82. The Hall–Kier alpha value is -1.97. The zero-order valence-corrected chi connectivity index (χ0v) is 19.4. The predicted octanol–water partition coefficient (Wildman–Crippen LogP) is 1.76. The van der Waals surface area contributed by atoms with E-state index in [1.165, 1.54) is 6.07 Å². The van der Waals surface area contributed by atoms with Crippen LogP contribution in [0.5, 0.6) is 0 Å². The molecule has 1 N–H and O–H groups in total. The zero-order chi connectivity index (χ0) is 22.9. The second kappa shape index (κ2) is 9.26. The minimum Gasteiger partial charge on any atom is -0.454 e. The molecule has 0 aromatic heterocycles. The molecule has 0 radical (unpaired) electrons. The van der Waals surface area contributed by atoms with Gasteiger partial charge in [-0.05, 0) is 70.2 Å². The number of hydrogen-bond acceptors (Lipinski definition) is 6. The molecule has 1 aromatic rings. The van der Waals surface area contributed by atoms with Crippen molar-refractivity contribution in [1.29, 1.82) is 0 Å². The average molecular weight is 453 g/mol. The van der Waals surface area contributed by atoms with Gasteiger partial charge in [0.1, 0.15) is 6.04 Å². The Bertz CT molecular complexity index is 937. The standard InChI is InChI=1S/C22H32N2O6S/c1-14-8-9-19(10-15(14)2)31(28,29)23-12-18(25)11-20(23)22(27)30-13-21(26)24-16(3)6-5-7-17(24)4/h8-10,16-18,20,25H,5-7,11-13H2,1-4H3. The van der Waals surface area contributed by atoms with Gasteiger partial charge in [0.15, 0.2) is 6.61 Å². The highest BCUT2D eigenvalue weighted by Gasteiger charge is 2.44. The van der Waals surface area contributed by atoms with Crippen molar-refractivity contribution >= 4 is 21.9 Å². The van der Waals surface area contributed by atoms with Crippen molar-refractivity contribution in [3.05, 3.63) is 29.3 Å². The van der Waals surface area contributed by atoms with E-state index in [0.29, 0.717) is 0 Å². The molecule has 0 spiro atoms. The maximum absolute atomic E-state index is 13.2. The molecule has 2 saturated heterocycles. The third-order valence-electron chi connectivity index (χ3n) is 6.41. The van der Waals surface area contributed by atoms with Crippen LogP contribution in [0, 0.1) is 13.8 Å². The lowest BCUT2D eigenvalue weighted by molar-refractivity contribution is -0.157. The minimum atomic E-state index is -4.00. The number of hydrogen-bond donors (Lipinski definition) is 1. The summed E-state index contributed by atoms with van der Waals surface area (Å²) in [5, 5.41) is 10.1. The molecule has 0 saturated carbocycles. The van der Waals surface area contributed by atoms with E-state index in [9.17, 15) is 23.1 Å². The Balaban J connectivity index is 1.72. The first-order valence-corrected chi connectivity index (χ1v) is 12.2. The van der Waals surface area contributed by atoms with Crippen molar-refractivity contribution in [3.63, 3.8) is 0 Å². The molecule has 0 aliphatic carbocycles. The Morgan fingerprint density at radius 3 is 2.39 bits per heavy atom. The van der Waals surface area contributed by atoms with Gasteiger partial charge in [-0.1, -0.05) is 6.07 Å². The molecule has 2 aliphatic heterocycles. The number of nitrogens with zero attached hydrogens (tertiary/aromatic N) is 2. The van der Waals surface area contributed by atoms with Crippen LogP contribution in [0.2, 0.25) is 0 Å². The van der Waals surface area contributed by atoms with Gasteiger partial charge in [0.05, 0.1) is 11.0 Å². The molecule has 1 aromatic carbocycles. The summed E-state index contributed by atoms with van der Waals surface area (Å²) in [6.45, 7) is 7.02. The number of amides is 1. The molecule has 1 amide bonds. The van der Waals surface area contributed by atoms with Crippen LogP contribution in [0.1, 0.15) is 50.7 Å². The van der Waals surface area contributed by atoms with Crippen molar-refractivity contribution in [2.24, 2.45) is 0 Å². The lowest BCUT2D eigenvalue weighted by Crippen LogP contribution is -2.49. The first-order valence-electron chi connectivity index (χ1n) is 10.8. The summed E-state index contributed by atoms with van der Waals surface area (Å²) in [6, 6.07) is 3.75. The van der Waals surface area contributed by atoms with Gasteiger partial charge in [-0.25, -0.2) is 8.42 Å².